The van der Waals surface area contributed by atoms with Gasteiger partial charge in [0.15, 0.2) is 0 Å². The van der Waals surface area contributed by atoms with Crippen molar-refractivity contribution in [2.24, 2.45) is 0 Å². The van der Waals surface area contributed by atoms with Gasteiger partial charge in [-0.15, -0.1) is 0 Å². The van der Waals surface area contributed by atoms with E-state index >= 15 is 0 Å². The predicted molar refractivity (Wildman–Crippen MR) is 96.5 cm³/mol. The zero-order valence-corrected chi connectivity index (χ0v) is 15.1. The molecule has 0 amide bonds. The van der Waals surface area contributed by atoms with E-state index in [2.05, 4.69) is 0 Å². The molecule has 2 aromatic rings. The van der Waals surface area contributed by atoms with Crippen molar-refractivity contribution < 1.29 is 9.47 Å². The average Bonchev–Trinajstić information content (AvgIpc) is 2.46. The van der Waals surface area contributed by atoms with Crippen molar-refractivity contribution in [1.29, 1.82) is 0 Å². The van der Waals surface area contributed by atoms with Gasteiger partial charge in [-0.3, -0.25) is 0 Å². The van der Waals surface area contributed by atoms with Gasteiger partial charge in [0.2, 0.25) is 0 Å². The normalized spacial score (nSPS) is 11.3. The van der Waals surface area contributed by atoms with Gasteiger partial charge in [-0.1, -0.05) is 35.5 Å². The summed E-state index contributed by atoms with van der Waals surface area (Å²) in [7, 11) is -1.05. The molecule has 0 spiro atoms. The summed E-state index contributed by atoms with van der Waals surface area (Å²) in [6.45, 7) is 8.07. The Balaban J connectivity index is 2.38. The highest BCUT2D eigenvalue weighted by atomic mass is 35.7. The van der Waals surface area contributed by atoms with Crippen LogP contribution in [0, 0.1) is 0 Å². The van der Waals surface area contributed by atoms with Gasteiger partial charge in [-0.2, -0.15) is 0 Å². The van der Waals surface area contributed by atoms with Crippen LogP contribution < -0.4 is 20.1 Å². The summed E-state index contributed by atoms with van der Waals surface area (Å²) in [5, 5.41) is 2.04. The van der Waals surface area contributed by atoms with E-state index in [4.69, 9.17) is 20.7 Å². The minimum atomic E-state index is -1.05. The third-order valence-corrected chi connectivity index (χ3v) is 5.56. The molecule has 118 valence electrons. The molecular formula is C18H22ClO2P. The molecule has 0 heterocycles. The molecule has 0 saturated heterocycles. The first-order chi connectivity index (χ1) is 10.5. The summed E-state index contributed by atoms with van der Waals surface area (Å²) in [4.78, 5) is 0. The van der Waals surface area contributed by atoms with Gasteiger partial charge < -0.3 is 9.47 Å². The molecule has 0 atom stereocenters. The summed E-state index contributed by atoms with van der Waals surface area (Å²) in [6, 6.07) is 15.9. The molecule has 2 rings (SSSR count). The molecule has 0 aliphatic heterocycles. The second kappa shape index (κ2) is 7.85. The second-order valence-corrected chi connectivity index (χ2v) is 8.09. The van der Waals surface area contributed by atoms with Crippen LogP contribution in [0.25, 0.3) is 0 Å². The number of rotatable bonds is 6. The molecule has 2 aromatic carbocycles. The average molecular weight is 337 g/mol. The number of ether oxygens (including phenoxy) is 2. The van der Waals surface area contributed by atoms with Crippen LogP contribution in [-0.2, 0) is 0 Å². The van der Waals surface area contributed by atoms with Crippen molar-refractivity contribution in [1.82, 2.24) is 0 Å². The van der Waals surface area contributed by atoms with Crippen LogP contribution in [0.15, 0.2) is 48.5 Å². The molecule has 0 radical (unpaired) electrons. The van der Waals surface area contributed by atoms with Gasteiger partial charge in [-0.25, -0.2) is 0 Å². The van der Waals surface area contributed by atoms with E-state index in [-0.39, 0.29) is 12.2 Å². The van der Waals surface area contributed by atoms with Crippen LogP contribution in [-0.4, -0.2) is 12.2 Å². The minimum Gasteiger partial charge on any atom is -0.490 e. The molecular weight excluding hydrogens is 315 g/mol. The summed E-state index contributed by atoms with van der Waals surface area (Å²) < 4.78 is 11.8. The van der Waals surface area contributed by atoms with E-state index in [0.29, 0.717) is 0 Å². The van der Waals surface area contributed by atoms with Crippen LogP contribution in [0.4, 0.5) is 0 Å². The Hall–Kier alpha value is -1.24. The minimum absolute atomic E-state index is 0.114. The quantitative estimate of drug-likeness (QED) is 0.702. The topological polar surface area (TPSA) is 18.5 Å². The number of hydrogen-bond donors (Lipinski definition) is 0. The Labute approximate surface area is 139 Å². The van der Waals surface area contributed by atoms with Crippen LogP contribution in [0.5, 0.6) is 11.5 Å². The molecule has 0 aromatic heterocycles. The van der Waals surface area contributed by atoms with Crippen molar-refractivity contribution in [2.75, 3.05) is 0 Å². The number of para-hydroxylation sites is 2. The Morgan fingerprint density at radius 1 is 0.727 bits per heavy atom. The molecule has 0 aliphatic carbocycles. The fraction of sp³-hybridized carbons (Fsp3) is 0.333. The third-order valence-electron chi connectivity index (χ3n) is 2.88. The predicted octanol–water partition coefficient (Wildman–Crippen LogP) is 4.85. The standard InChI is InChI=1S/C18H22ClO2P/c1-13(2)20-15-9-5-7-11-17(15)22(19)18-12-8-6-10-16(18)21-14(3)4/h5-14H,1-4H3. The first kappa shape index (κ1) is 17.1. The third kappa shape index (κ3) is 4.38. The highest BCUT2D eigenvalue weighted by Crippen LogP contribution is 2.44. The van der Waals surface area contributed by atoms with Crippen molar-refractivity contribution >= 4 is 29.1 Å². The first-order valence-corrected chi connectivity index (χ1v) is 9.71. The van der Waals surface area contributed by atoms with Crippen LogP contribution in [0.2, 0.25) is 0 Å². The Morgan fingerprint density at radius 3 is 1.45 bits per heavy atom. The highest BCUT2D eigenvalue weighted by Gasteiger charge is 2.20. The zero-order valence-electron chi connectivity index (χ0n) is 13.4. The lowest BCUT2D eigenvalue weighted by Gasteiger charge is -2.20. The number of benzene rings is 2. The van der Waals surface area contributed by atoms with Gasteiger partial charge in [0.25, 0.3) is 0 Å². The molecule has 0 saturated carbocycles. The fourth-order valence-electron chi connectivity index (χ4n) is 2.08. The van der Waals surface area contributed by atoms with Gasteiger partial charge in [-0.05, 0) is 52.0 Å². The molecule has 22 heavy (non-hydrogen) atoms. The number of halogens is 1. The van der Waals surface area contributed by atoms with E-state index in [1.807, 2.05) is 76.2 Å². The summed E-state index contributed by atoms with van der Waals surface area (Å²) in [6.07, 6.45) is 0.228. The lowest BCUT2D eigenvalue weighted by atomic mass is 10.3. The van der Waals surface area contributed by atoms with Crippen molar-refractivity contribution in [3.8, 4) is 11.5 Å². The van der Waals surface area contributed by atoms with E-state index in [0.717, 1.165) is 22.1 Å². The monoisotopic (exact) mass is 336 g/mol. The van der Waals surface area contributed by atoms with E-state index in [1.54, 1.807) is 0 Å². The Bertz CT molecular complexity index is 560. The SMILES string of the molecule is CC(C)Oc1ccccc1P(Cl)c1ccccc1OC(C)C. The van der Waals surface area contributed by atoms with Crippen molar-refractivity contribution in [2.45, 2.75) is 39.9 Å². The van der Waals surface area contributed by atoms with Gasteiger partial charge in [0.1, 0.15) is 11.5 Å². The smallest absolute Gasteiger partial charge is 0.128 e. The second-order valence-electron chi connectivity index (χ2n) is 5.55. The van der Waals surface area contributed by atoms with Crippen molar-refractivity contribution in [3.05, 3.63) is 48.5 Å². The summed E-state index contributed by atoms with van der Waals surface area (Å²) >= 11 is 6.81. The molecule has 0 aliphatic rings. The van der Waals surface area contributed by atoms with Crippen LogP contribution in [0.1, 0.15) is 27.7 Å². The van der Waals surface area contributed by atoms with Gasteiger partial charge >= 0.3 is 0 Å². The van der Waals surface area contributed by atoms with E-state index in [9.17, 15) is 0 Å². The maximum absolute atomic E-state index is 6.81. The molecule has 0 unspecified atom stereocenters. The maximum atomic E-state index is 6.81. The Morgan fingerprint density at radius 2 is 1.09 bits per heavy atom. The van der Waals surface area contributed by atoms with Crippen molar-refractivity contribution in [3.63, 3.8) is 0 Å². The van der Waals surface area contributed by atoms with E-state index < -0.39 is 7.27 Å². The van der Waals surface area contributed by atoms with E-state index in [1.165, 1.54) is 0 Å². The lowest BCUT2D eigenvalue weighted by molar-refractivity contribution is 0.244. The Kier molecular flexibility index (Phi) is 6.11. The number of hydrogen-bond acceptors (Lipinski definition) is 2. The molecule has 0 N–H and O–H groups in total. The fourth-order valence-corrected chi connectivity index (χ4v) is 4.25. The largest absolute Gasteiger partial charge is 0.490 e. The van der Waals surface area contributed by atoms with Gasteiger partial charge in [0, 0.05) is 10.6 Å². The molecule has 0 fully saturated rings. The molecule has 2 nitrogen and oxygen atoms in total. The molecule has 4 heteroatoms. The summed E-state index contributed by atoms with van der Waals surface area (Å²) in [5.74, 6) is 1.69. The molecule has 0 bridgehead atoms. The van der Waals surface area contributed by atoms with Crippen LogP contribution >= 0.6 is 18.5 Å². The van der Waals surface area contributed by atoms with Crippen LogP contribution in [0.3, 0.4) is 0 Å². The van der Waals surface area contributed by atoms with Gasteiger partial charge in [0.05, 0.1) is 19.5 Å². The zero-order chi connectivity index (χ0) is 16.1. The lowest BCUT2D eigenvalue weighted by Crippen LogP contribution is -2.18. The maximum Gasteiger partial charge on any atom is 0.128 e. The highest BCUT2D eigenvalue weighted by molar-refractivity contribution is 7.95. The first-order valence-electron chi connectivity index (χ1n) is 7.46. The summed E-state index contributed by atoms with van der Waals surface area (Å²) in [5.41, 5.74) is 0.